The highest BCUT2D eigenvalue weighted by Crippen LogP contribution is 2.33. The van der Waals surface area contributed by atoms with Gasteiger partial charge in [0.05, 0.1) is 6.10 Å². The van der Waals surface area contributed by atoms with Gasteiger partial charge in [-0.15, -0.1) is 0 Å². The fourth-order valence-corrected chi connectivity index (χ4v) is 2.89. The summed E-state index contributed by atoms with van der Waals surface area (Å²) >= 11 is 0. The maximum absolute atomic E-state index is 13.7. The van der Waals surface area contributed by atoms with Gasteiger partial charge in [-0.3, -0.25) is 9.69 Å². The smallest absolute Gasteiger partial charge is 0.259 e. The Morgan fingerprint density at radius 1 is 1.18 bits per heavy atom. The number of piperazine rings is 1. The van der Waals surface area contributed by atoms with Crippen LogP contribution < -0.4 is 0 Å². The third-order valence-electron chi connectivity index (χ3n) is 4.45. The number of hydrogen-bond acceptors (Lipinski definition) is 3. The molecule has 120 valence electrons. The SMILES string of the molecule is O=C(c1c(F)cccc1F)N1CCN(C[C@H](O)C2CC2)CC1. The zero-order valence-corrected chi connectivity index (χ0v) is 12.3. The Hall–Kier alpha value is -1.53. The minimum atomic E-state index is -0.823. The van der Waals surface area contributed by atoms with E-state index in [2.05, 4.69) is 4.90 Å². The Labute approximate surface area is 128 Å². The lowest BCUT2D eigenvalue weighted by atomic mass is 10.1. The summed E-state index contributed by atoms with van der Waals surface area (Å²) in [6.45, 7) is 2.69. The van der Waals surface area contributed by atoms with E-state index < -0.39 is 23.1 Å². The molecule has 1 saturated carbocycles. The van der Waals surface area contributed by atoms with Crippen molar-refractivity contribution in [2.45, 2.75) is 18.9 Å². The third-order valence-corrected chi connectivity index (χ3v) is 4.45. The second-order valence-corrected chi connectivity index (χ2v) is 6.09. The predicted molar refractivity (Wildman–Crippen MR) is 77.4 cm³/mol. The van der Waals surface area contributed by atoms with E-state index in [-0.39, 0.29) is 6.10 Å². The normalized spacial score (nSPS) is 21.0. The number of aliphatic hydroxyl groups is 1. The Morgan fingerprint density at radius 2 is 1.77 bits per heavy atom. The number of amides is 1. The van der Waals surface area contributed by atoms with Crippen molar-refractivity contribution in [2.24, 2.45) is 5.92 Å². The van der Waals surface area contributed by atoms with Gasteiger partial charge in [0.1, 0.15) is 17.2 Å². The number of β-amino-alcohol motifs (C(OH)–C–C–N with tert-alkyl or cyclic N) is 1. The molecule has 0 radical (unpaired) electrons. The number of carbonyl (C=O) groups excluding carboxylic acids is 1. The molecule has 0 unspecified atom stereocenters. The molecule has 0 aromatic heterocycles. The monoisotopic (exact) mass is 310 g/mol. The van der Waals surface area contributed by atoms with Crippen molar-refractivity contribution in [3.8, 4) is 0 Å². The maximum Gasteiger partial charge on any atom is 0.259 e. The van der Waals surface area contributed by atoms with Crippen LogP contribution in [0.25, 0.3) is 0 Å². The van der Waals surface area contributed by atoms with E-state index in [0.717, 1.165) is 25.0 Å². The van der Waals surface area contributed by atoms with Crippen molar-refractivity contribution in [1.82, 2.24) is 9.80 Å². The molecule has 0 bridgehead atoms. The van der Waals surface area contributed by atoms with E-state index >= 15 is 0 Å². The Morgan fingerprint density at radius 3 is 2.32 bits per heavy atom. The van der Waals surface area contributed by atoms with E-state index in [0.29, 0.717) is 38.6 Å². The van der Waals surface area contributed by atoms with Crippen molar-refractivity contribution in [2.75, 3.05) is 32.7 Å². The third kappa shape index (κ3) is 3.28. The molecule has 22 heavy (non-hydrogen) atoms. The second-order valence-electron chi connectivity index (χ2n) is 6.09. The minimum Gasteiger partial charge on any atom is -0.392 e. The fourth-order valence-electron chi connectivity index (χ4n) is 2.89. The second kappa shape index (κ2) is 6.30. The van der Waals surface area contributed by atoms with E-state index in [1.807, 2.05) is 0 Å². The summed E-state index contributed by atoms with van der Waals surface area (Å²) in [6.07, 6.45) is 1.88. The summed E-state index contributed by atoms with van der Waals surface area (Å²) in [5.74, 6) is -1.82. The average molecular weight is 310 g/mol. The molecule has 1 aromatic rings. The molecule has 3 rings (SSSR count). The van der Waals surface area contributed by atoms with E-state index in [1.165, 1.54) is 11.0 Å². The number of carbonyl (C=O) groups is 1. The van der Waals surface area contributed by atoms with Gasteiger partial charge in [-0.05, 0) is 30.9 Å². The molecule has 0 spiro atoms. The zero-order valence-electron chi connectivity index (χ0n) is 12.3. The first-order valence-corrected chi connectivity index (χ1v) is 7.70. The van der Waals surface area contributed by atoms with Gasteiger partial charge in [-0.25, -0.2) is 8.78 Å². The van der Waals surface area contributed by atoms with Gasteiger partial charge in [0.25, 0.3) is 5.91 Å². The number of rotatable bonds is 4. The Bertz CT molecular complexity index is 535. The van der Waals surface area contributed by atoms with Gasteiger partial charge < -0.3 is 10.0 Å². The first-order chi connectivity index (χ1) is 10.6. The van der Waals surface area contributed by atoms with Crippen LogP contribution in [0.2, 0.25) is 0 Å². The molecule has 1 aliphatic carbocycles. The summed E-state index contributed by atoms with van der Waals surface area (Å²) in [5.41, 5.74) is -0.478. The lowest BCUT2D eigenvalue weighted by Gasteiger charge is -2.35. The van der Waals surface area contributed by atoms with Crippen molar-refractivity contribution in [3.63, 3.8) is 0 Å². The van der Waals surface area contributed by atoms with Crippen molar-refractivity contribution >= 4 is 5.91 Å². The van der Waals surface area contributed by atoms with Gasteiger partial charge in [0, 0.05) is 32.7 Å². The quantitative estimate of drug-likeness (QED) is 0.916. The highest BCUT2D eigenvalue weighted by Gasteiger charge is 2.32. The average Bonchev–Trinajstić information content (AvgIpc) is 3.32. The molecular weight excluding hydrogens is 290 g/mol. The van der Waals surface area contributed by atoms with Crippen LogP contribution in [0.3, 0.4) is 0 Å². The van der Waals surface area contributed by atoms with Crippen molar-refractivity contribution < 1.29 is 18.7 Å². The van der Waals surface area contributed by atoms with Crippen LogP contribution in [-0.2, 0) is 0 Å². The van der Waals surface area contributed by atoms with Gasteiger partial charge in [0.2, 0.25) is 0 Å². The minimum absolute atomic E-state index is 0.300. The molecular formula is C16H20F2N2O2. The summed E-state index contributed by atoms with van der Waals surface area (Å²) in [4.78, 5) is 15.8. The number of halogens is 2. The number of aliphatic hydroxyl groups excluding tert-OH is 1. The van der Waals surface area contributed by atoms with Gasteiger partial charge in [-0.1, -0.05) is 6.07 Å². The zero-order chi connectivity index (χ0) is 15.7. The maximum atomic E-state index is 13.7. The molecule has 2 fully saturated rings. The highest BCUT2D eigenvalue weighted by molar-refractivity contribution is 5.94. The molecule has 4 nitrogen and oxygen atoms in total. The Balaban J connectivity index is 1.57. The van der Waals surface area contributed by atoms with Crippen LogP contribution in [0.15, 0.2) is 18.2 Å². The number of benzene rings is 1. The van der Waals surface area contributed by atoms with Crippen LogP contribution in [0, 0.1) is 17.6 Å². The highest BCUT2D eigenvalue weighted by atomic mass is 19.1. The molecule has 2 aliphatic rings. The standard InChI is InChI=1S/C16H20F2N2O2/c17-12-2-1-3-13(18)15(12)16(22)20-8-6-19(7-9-20)10-14(21)11-4-5-11/h1-3,11,14,21H,4-10H2/t14-/m0/s1. The van der Waals surface area contributed by atoms with Crippen molar-refractivity contribution in [1.29, 1.82) is 0 Å². The van der Waals surface area contributed by atoms with E-state index in [9.17, 15) is 18.7 Å². The first kappa shape index (κ1) is 15.4. The van der Waals surface area contributed by atoms with Crippen LogP contribution in [-0.4, -0.2) is 59.6 Å². The van der Waals surface area contributed by atoms with Crippen LogP contribution in [0.1, 0.15) is 23.2 Å². The molecule has 1 amide bonds. The van der Waals surface area contributed by atoms with E-state index in [1.54, 1.807) is 0 Å². The molecule has 1 aliphatic heterocycles. The largest absolute Gasteiger partial charge is 0.392 e. The summed E-state index contributed by atoms with van der Waals surface area (Å²) in [7, 11) is 0. The molecule has 1 heterocycles. The molecule has 1 aromatic carbocycles. The van der Waals surface area contributed by atoms with Crippen molar-refractivity contribution in [3.05, 3.63) is 35.4 Å². The van der Waals surface area contributed by atoms with Crippen LogP contribution in [0.4, 0.5) is 8.78 Å². The Kier molecular flexibility index (Phi) is 4.40. The van der Waals surface area contributed by atoms with Crippen LogP contribution >= 0.6 is 0 Å². The summed E-state index contributed by atoms with van der Waals surface area (Å²) in [5, 5.41) is 9.95. The number of nitrogens with zero attached hydrogens (tertiary/aromatic N) is 2. The van der Waals surface area contributed by atoms with Gasteiger partial charge in [-0.2, -0.15) is 0 Å². The molecule has 1 atom stereocenters. The lowest BCUT2D eigenvalue weighted by molar-refractivity contribution is 0.0482. The summed E-state index contributed by atoms with van der Waals surface area (Å²) in [6, 6.07) is 3.44. The molecule has 1 saturated heterocycles. The van der Waals surface area contributed by atoms with Gasteiger partial charge >= 0.3 is 0 Å². The first-order valence-electron chi connectivity index (χ1n) is 7.70. The molecule has 6 heteroatoms. The van der Waals surface area contributed by atoms with Crippen LogP contribution in [0.5, 0.6) is 0 Å². The van der Waals surface area contributed by atoms with Gasteiger partial charge in [0.15, 0.2) is 0 Å². The topological polar surface area (TPSA) is 43.8 Å². The molecule has 1 N–H and O–H groups in total. The van der Waals surface area contributed by atoms with E-state index in [4.69, 9.17) is 0 Å². The predicted octanol–water partition coefficient (Wildman–Crippen LogP) is 1.49. The lowest BCUT2D eigenvalue weighted by Crippen LogP contribution is -2.50. The summed E-state index contributed by atoms with van der Waals surface area (Å²) < 4.78 is 27.3. The fraction of sp³-hybridized carbons (Fsp3) is 0.562. The number of hydrogen-bond donors (Lipinski definition) is 1.